The number of nitrogens with one attached hydrogen (secondary N) is 1. The maximum atomic E-state index is 11.5. The molecular weight excluding hydrogens is 240 g/mol. The molecule has 0 radical (unpaired) electrons. The van der Waals surface area contributed by atoms with Crippen LogP contribution in [-0.4, -0.2) is 67.1 Å². The number of piperidine rings is 1. The molecule has 2 saturated heterocycles. The molecular formula is C14H28N4O. The molecule has 19 heavy (non-hydrogen) atoms. The van der Waals surface area contributed by atoms with Gasteiger partial charge in [0.2, 0.25) is 5.91 Å². The topological polar surface area (TPSA) is 61.6 Å². The highest BCUT2D eigenvalue weighted by molar-refractivity contribution is 5.80. The summed E-state index contributed by atoms with van der Waals surface area (Å²) in [6.07, 6.45) is 2.33. The largest absolute Gasteiger partial charge is 0.368 e. The van der Waals surface area contributed by atoms with Crippen molar-refractivity contribution in [1.82, 2.24) is 15.1 Å². The van der Waals surface area contributed by atoms with E-state index in [2.05, 4.69) is 29.0 Å². The first-order chi connectivity index (χ1) is 9.08. The fourth-order valence-corrected chi connectivity index (χ4v) is 3.37. The Morgan fingerprint density at radius 1 is 1.32 bits per heavy atom. The van der Waals surface area contributed by atoms with E-state index in [9.17, 15) is 4.79 Å². The van der Waals surface area contributed by atoms with Crippen LogP contribution in [0, 0.1) is 5.92 Å². The molecule has 0 spiro atoms. The van der Waals surface area contributed by atoms with Crippen molar-refractivity contribution < 1.29 is 4.79 Å². The number of nitrogens with two attached hydrogens (primary N) is 1. The Bertz CT molecular complexity index is 300. The summed E-state index contributed by atoms with van der Waals surface area (Å²) >= 11 is 0. The first kappa shape index (κ1) is 14.8. The Kier molecular flexibility index (Phi) is 5.19. The van der Waals surface area contributed by atoms with E-state index in [1.807, 2.05) is 0 Å². The Morgan fingerprint density at radius 3 is 2.58 bits per heavy atom. The van der Waals surface area contributed by atoms with E-state index in [4.69, 9.17) is 5.73 Å². The fourth-order valence-electron chi connectivity index (χ4n) is 3.37. The van der Waals surface area contributed by atoms with Crippen LogP contribution in [0.3, 0.4) is 0 Å². The maximum absolute atomic E-state index is 11.5. The van der Waals surface area contributed by atoms with Crippen LogP contribution >= 0.6 is 0 Å². The van der Waals surface area contributed by atoms with Crippen molar-refractivity contribution in [2.75, 3.05) is 39.3 Å². The normalized spacial score (nSPS) is 27.8. The third-order valence-electron chi connectivity index (χ3n) is 4.26. The third kappa shape index (κ3) is 3.91. The minimum Gasteiger partial charge on any atom is -0.368 e. The minimum atomic E-state index is -0.184. The number of likely N-dealkylation sites (tertiary alicyclic amines) is 1. The van der Waals surface area contributed by atoms with E-state index in [1.165, 1.54) is 6.54 Å². The molecule has 1 unspecified atom stereocenters. The lowest BCUT2D eigenvalue weighted by molar-refractivity contribution is -0.125. The smallest absolute Gasteiger partial charge is 0.236 e. The van der Waals surface area contributed by atoms with Crippen LogP contribution in [0.1, 0.15) is 26.7 Å². The number of rotatable bonds is 4. The number of hydrogen-bond acceptors (Lipinski definition) is 4. The van der Waals surface area contributed by atoms with Crippen molar-refractivity contribution >= 4 is 5.91 Å². The SMILES string of the molecule is CC(C)CN1CCC(N2CCNCC2C(N)=O)CC1. The van der Waals surface area contributed by atoms with E-state index >= 15 is 0 Å². The van der Waals surface area contributed by atoms with Gasteiger partial charge in [0.1, 0.15) is 6.04 Å². The average Bonchev–Trinajstić information content (AvgIpc) is 2.39. The summed E-state index contributed by atoms with van der Waals surface area (Å²) < 4.78 is 0. The first-order valence-corrected chi connectivity index (χ1v) is 7.56. The van der Waals surface area contributed by atoms with Crippen LogP contribution < -0.4 is 11.1 Å². The highest BCUT2D eigenvalue weighted by atomic mass is 16.1. The summed E-state index contributed by atoms with van der Waals surface area (Å²) in [5.74, 6) is 0.547. The Labute approximate surface area is 116 Å². The fraction of sp³-hybridized carbons (Fsp3) is 0.929. The molecule has 0 saturated carbocycles. The molecule has 1 atom stereocenters. The van der Waals surface area contributed by atoms with Crippen LogP contribution in [0.2, 0.25) is 0 Å². The van der Waals surface area contributed by atoms with E-state index in [0.29, 0.717) is 12.6 Å². The Hall–Kier alpha value is -0.650. The lowest BCUT2D eigenvalue weighted by Gasteiger charge is -2.43. The monoisotopic (exact) mass is 268 g/mol. The van der Waals surface area contributed by atoms with Gasteiger partial charge >= 0.3 is 0 Å². The molecule has 2 aliphatic rings. The molecule has 0 bridgehead atoms. The predicted molar refractivity (Wildman–Crippen MR) is 76.9 cm³/mol. The molecule has 2 rings (SSSR count). The van der Waals surface area contributed by atoms with Gasteiger partial charge in [-0.05, 0) is 31.8 Å². The zero-order chi connectivity index (χ0) is 13.8. The number of carbonyl (C=O) groups is 1. The second kappa shape index (κ2) is 6.68. The van der Waals surface area contributed by atoms with Gasteiger partial charge < -0.3 is 16.0 Å². The Balaban J connectivity index is 1.87. The van der Waals surface area contributed by atoms with Crippen LogP contribution in [0.25, 0.3) is 0 Å². The van der Waals surface area contributed by atoms with Gasteiger partial charge in [-0.2, -0.15) is 0 Å². The highest BCUT2D eigenvalue weighted by Crippen LogP contribution is 2.20. The molecule has 3 N–H and O–H groups in total. The van der Waals surface area contributed by atoms with E-state index in [-0.39, 0.29) is 11.9 Å². The number of amides is 1. The van der Waals surface area contributed by atoms with Gasteiger partial charge in [-0.1, -0.05) is 13.8 Å². The average molecular weight is 268 g/mol. The predicted octanol–water partition coefficient (Wildman–Crippen LogP) is -0.134. The molecule has 0 aromatic heterocycles. The van der Waals surface area contributed by atoms with E-state index in [1.54, 1.807) is 0 Å². The van der Waals surface area contributed by atoms with Crippen molar-refractivity contribution in [3.05, 3.63) is 0 Å². The molecule has 2 heterocycles. The van der Waals surface area contributed by atoms with Crippen LogP contribution in [0.5, 0.6) is 0 Å². The number of carbonyl (C=O) groups excluding carboxylic acids is 1. The van der Waals surface area contributed by atoms with Crippen molar-refractivity contribution in [2.24, 2.45) is 11.7 Å². The van der Waals surface area contributed by atoms with Crippen molar-refractivity contribution in [1.29, 1.82) is 0 Å². The van der Waals surface area contributed by atoms with Gasteiger partial charge in [0.15, 0.2) is 0 Å². The third-order valence-corrected chi connectivity index (χ3v) is 4.26. The van der Waals surface area contributed by atoms with Crippen molar-refractivity contribution in [3.8, 4) is 0 Å². The number of hydrogen-bond donors (Lipinski definition) is 2. The van der Waals surface area contributed by atoms with Crippen LogP contribution in [0.15, 0.2) is 0 Å². The van der Waals surface area contributed by atoms with Crippen LogP contribution in [-0.2, 0) is 4.79 Å². The van der Waals surface area contributed by atoms with Crippen molar-refractivity contribution in [3.63, 3.8) is 0 Å². The molecule has 1 amide bonds. The molecule has 0 aromatic rings. The Morgan fingerprint density at radius 2 is 2.00 bits per heavy atom. The summed E-state index contributed by atoms with van der Waals surface area (Å²) in [5, 5.41) is 3.27. The van der Waals surface area contributed by atoms with Crippen LogP contribution in [0.4, 0.5) is 0 Å². The molecule has 2 aliphatic heterocycles. The zero-order valence-corrected chi connectivity index (χ0v) is 12.3. The molecule has 110 valence electrons. The summed E-state index contributed by atoms with van der Waals surface area (Å²) in [6, 6.07) is 0.415. The number of nitrogens with zero attached hydrogens (tertiary/aromatic N) is 2. The standard InChI is InChI=1S/C14H28N4O/c1-11(2)10-17-6-3-12(4-7-17)18-8-5-16-9-13(18)14(15)19/h11-13,16H,3-10H2,1-2H3,(H2,15,19). The summed E-state index contributed by atoms with van der Waals surface area (Å²) in [4.78, 5) is 16.4. The zero-order valence-electron chi connectivity index (χ0n) is 12.3. The van der Waals surface area contributed by atoms with Gasteiger partial charge in [-0.3, -0.25) is 9.69 Å². The minimum absolute atomic E-state index is 0.115. The van der Waals surface area contributed by atoms with E-state index in [0.717, 1.165) is 44.9 Å². The second-order valence-electron chi connectivity index (χ2n) is 6.29. The van der Waals surface area contributed by atoms with Gasteiger partial charge in [0, 0.05) is 32.2 Å². The highest BCUT2D eigenvalue weighted by Gasteiger charge is 2.33. The van der Waals surface area contributed by atoms with Gasteiger partial charge in [0.05, 0.1) is 0 Å². The molecule has 2 fully saturated rings. The summed E-state index contributed by atoms with van der Waals surface area (Å²) in [5.41, 5.74) is 5.53. The number of primary amides is 1. The van der Waals surface area contributed by atoms with Crippen molar-refractivity contribution in [2.45, 2.75) is 38.8 Å². The molecule has 0 aromatic carbocycles. The lowest BCUT2D eigenvalue weighted by Crippen LogP contribution is -2.61. The lowest BCUT2D eigenvalue weighted by atomic mass is 9.99. The van der Waals surface area contributed by atoms with Gasteiger partial charge in [-0.25, -0.2) is 0 Å². The maximum Gasteiger partial charge on any atom is 0.236 e. The molecule has 5 nitrogen and oxygen atoms in total. The quantitative estimate of drug-likeness (QED) is 0.745. The summed E-state index contributed by atoms with van der Waals surface area (Å²) in [6.45, 7) is 10.7. The number of piperazine rings is 1. The summed E-state index contributed by atoms with van der Waals surface area (Å²) in [7, 11) is 0. The van der Waals surface area contributed by atoms with E-state index < -0.39 is 0 Å². The second-order valence-corrected chi connectivity index (χ2v) is 6.29. The molecule has 0 aliphatic carbocycles. The molecule has 5 heteroatoms. The van der Waals surface area contributed by atoms with Gasteiger partial charge in [-0.15, -0.1) is 0 Å². The van der Waals surface area contributed by atoms with Gasteiger partial charge in [0.25, 0.3) is 0 Å². The first-order valence-electron chi connectivity index (χ1n) is 7.56.